The quantitative estimate of drug-likeness (QED) is 0.342. The number of nitrogens with zero attached hydrogens (tertiary/aromatic N) is 3. The number of piperazine rings is 1. The minimum Gasteiger partial charge on any atom is -0.444 e. The van der Waals surface area contributed by atoms with E-state index in [-0.39, 0.29) is 18.6 Å². The lowest BCUT2D eigenvalue weighted by Crippen LogP contribution is -2.55. The van der Waals surface area contributed by atoms with Crippen molar-refractivity contribution in [2.75, 3.05) is 31.1 Å². The Hall–Kier alpha value is -4.42. The van der Waals surface area contributed by atoms with Gasteiger partial charge in [-0.05, 0) is 39.4 Å². The van der Waals surface area contributed by atoms with Crippen molar-refractivity contribution in [1.29, 1.82) is 0 Å². The maximum atomic E-state index is 13.9. The summed E-state index contributed by atoms with van der Waals surface area (Å²) in [6.07, 6.45) is 0.0175. The molecule has 0 radical (unpaired) electrons. The first kappa shape index (κ1) is 24.6. The molecule has 1 aliphatic carbocycles. The van der Waals surface area contributed by atoms with Gasteiger partial charge in [-0.25, -0.2) is 4.79 Å². The molecule has 4 aromatic carbocycles. The molecule has 0 bridgehead atoms. The van der Waals surface area contributed by atoms with Gasteiger partial charge in [0.05, 0.1) is 11.7 Å². The van der Waals surface area contributed by atoms with Gasteiger partial charge in [0.15, 0.2) is 0 Å². The molecule has 4 aromatic rings. The van der Waals surface area contributed by atoms with Crippen LogP contribution in [0, 0.1) is 0 Å². The van der Waals surface area contributed by atoms with Gasteiger partial charge in [-0.1, -0.05) is 97.1 Å². The summed E-state index contributed by atoms with van der Waals surface area (Å²) >= 11 is 0. The highest BCUT2D eigenvalue weighted by Crippen LogP contribution is 2.46. The van der Waals surface area contributed by atoms with E-state index in [1.165, 1.54) is 22.3 Å². The number of amides is 2. The molecule has 7 rings (SSSR count). The Bertz CT molecular complexity index is 1520. The van der Waals surface area contributed by atoms with Crippen LogP contribution in [0.4, 0.5) is 10.5 Å². The fourth-order valence-electron chi connectivity index (χ4n) is 6.53. The summed E-state index contributed by atoms with van der Waals surface area (Å²) in [6, 6.07) is 34.3. The first-order chi connectivity index (χ1) is 19.7. The highest BCUT2D eigenvalue weighted by Gasteiger charge is 2.42. The fourth-order valence-corrected chi connectivity index (χ4v) is 6.53. The van der Waals surface area contributed by atoms with E-state index < -0.39 is 12.1 Å². The van der Waals surface area contributed by atoms with E-state index >= 15 is 0 Å². The number of carbonyl (C=O) groups is 2. The highest BCUT2D eigenvalue weighted by atomic mass is 16.6. The zero-order valence-electron chi connectivity index (χ0n) is 22.3. The van der Waals surface area contributed by atoms with Crippen molar-refractivity contribution in [3.8, 4) is 11.1 Å². The van der Waals surface area contributed by atoms with Crippen LogP contribution in [0.3, 0.4) is 0 Å². The first-order valence-electron chi connectivity index (χ1n) is 14.0. The van der Waals surface area contributed by atoms with Gasteiger partial charge >= 0.3 is 6.09 Å². The van der Waals surface area contributed by atoms with Gasteiger partial charge in [-0.3, -0.25) is 14.6 Å². The molecule has 2 heterocycles. The number of para-hydroxylation sites is 1. The van der Waals surface area contributed by atoms with Crippen LogP contribution < -0.4 is 4.90 Å². The predicted molar refractivity (Wildman–Crippen MR) is 155 cm³/mol. The van der Waals surface area contributed by atoms with E-state index in [4.69, 9.17) is 4.74 Å². The Kier molecular flexibility index (Phi) is 6.33. The molecule has 0 saturated carbocycles. The molecule has 1 atom stereocenters. The maximum Gasteiger partial charge on any atom is 0.415 e. The molecule has 40 heavy (non-hydrogen) atoms. The van der Waals surface area contributed by atoms with Crippen molar-refractivity contribution in [3.63, 3.8) is 0 Å². The number of ether oxygens (including phenoxy) is 1. The van der Waals surface area contributed by atoms with Gasteiger partial charge in [0, 0.05) is 32.6 Å². The van der Waals surface area contributed by atoms with Crippen molar-refractivity contribution in [2.45, 2.75) is 25.1 Å². The van der Waals surface area contributed by atoms with Gasteiger partial charge < -0.3 is 9.64 Å². The molecule has 0 spiro atoms. The maximum absolute atomic E-state index is 13.9. The zero-order valence-corrected chi connectivity index (χ0v) is 22.3. The lowest BCUT2D eigenvalue weighted by molar-refractivity contribution is -0.134. The van der Waals surface area contributed by atoms with E-state index in [0.29, 0.717) is 19.5 Å². The SMILES string of the molecule is O=C(C1Cc2ccccc2N1C(=O)OCc1ccccc1)N1CCN(C2c3ccccc3-c3ccccc32)CC1. The number of carbonyl (C=O) groups excluding carboxylic acids is 2. The van der Waals surface area contributed by atoms with E-state index in [2.05, 4.69) is 53.4 Å². The molecule has 3 aliphatic rings. The summed E-state index contributed by atoms with van der Waals surface area (Å²) in [5.41, 5.74) is 7.94. The van der Waals surface area contributed by atoms with Crippen LogP contribution in [0.5, 0.6) is 0 Å². The molecule has 2 amide bonds. The summed E-state index contributed by atoms with van der Waals surface area (Å²) < 4.78 is 5.70. The predicted octanol–water partition coefficient (Wildman–Crippen LogP) is 5.67. The lowest BCUT2D eigenvalue weighted by Gasteiger charge is -2.40. The Balaban J connectivity index is 1.07. The molecule has 0 N–H and O–H groups in total. The third-order valence-electron chi connectivity index (χ3n) is 8.45. The van der Waals surface area contributed by atoms with E-state index in [1.54, 1.807) is 4.90 Å². The number of anilines is 1. The van der Waals surface area contributed by atoms with E-state index in [1.807, 2.05) is 59.5 Å². The molecule has 0 aromatic heterocycles. The second-order valence-corrected chi connectivity index (χ2v) is 10.7. The van der Waals surface area contributed by atoms with Gasteiger partial charge in [0.25, 0.3) is 0 Å². The molecule has 1 unspecified atom stereocenters. The Morgan fingerprint density at radius 3 is 2.00 bits per heavy atom. The van der Waals surface area contributed by atoms with Crippen LogP contribution in [-0.2, 0) is 22.6 Å². The number of benzene rings is 4. The summed E-state index contributed by atoms with van der Waals surface area (Å²) in [4.78, 5) is 33.3. The van der Waals surface area contributed by atoms with Gasteiger partial charge in [0.2, 0.25) is 5.91 Å². The average Bonchev–Trinajstić information content (AvgIpc) is 3.57. The Morgan fingerprint density at radius 2 is 1.30 bits per heavy atom. The van der Waals surface area contributed by atoms with Crippen molar-refractivity contribution in [1.82, 2.24) is 9.80 Å². The van der Waals surface area contributed by atoms with Crippen molar-refractivity contribution in [3.05, 3.63) is 125 Å². The third-order valence-corrected chi connectivity index (χ3v) is 8.45. The van der Waals surface area contributed by atoms with Gasteiger partial charge in [-0.2, -0.15) is 0 Å². The smallest absolute Gasteiger partial charge is 0.415 e. The topological polar surface area (TPSA) is 53.1 Å². The summed E-state index contributed by atoms with van der Waals surface area (Å²) in [5.74, 6) is -0.0141. The molecule has 2 aliphatic heterocycles. The molecule has 200 valence electrons. The largest absolute Gasteiger partial charge is 0.444 e. The van der Waals surface area contributed by atoms with Crippen LogP contribution in [0.15, 0.2) is 103 Å². The summed E-state index contributed by atoms with van der Waals surface area (Å²) in [5, 5.41) is 0. The van der Waals surface area contributed by atoms with Gasteiger partial charge in [0.1, 0.15) is 12.6 Å². The van der Waals surface area contributed by atoms with Crippen LogP contribution in [0.1, 0.15) is 28.3 Å². The van der Waals surface area contributed by atoms with Crippen LogP contribution in [0.25, 0.3) is 11.1 Å². The Labute approximate surface area is 234 Å². The van der Waals surface area contributed by atoms with Crippen LogP contribution in [-0.4, -0.2) is 54.0 Å². The summed E-state index contributed by atoms with van der Waals surface area (Å²) in [7, 11) is 0. The Morgan fingerprint density at radius 1 is 0.700 bits per heavy atom. The van der Waals surface area contributed by atoms with Crippen molar-refractivity contribution < 1.29 is 14.3 Å². The molecular weight excluding hydrogens is 498 g/mol. The number of fused-ring (bicyclic) bond motifs is 4. The minimum atomic E-state index is -0.597. The lowest BCUT2D eigenvalue weighted by atomic mass is 10.0. The van der Waals surface area contributed by atoms with E-state index in [0.717, 1.165) is 29.9 Å². The highest BCUT2D eigenvalue weighted by molar-refractivity contribution is 6.00. The number of hydrogen-bond acceptors (Lipinski definition) is 4. The zero-order chi connectivity index (χ0) is 27.1. The standard InChI is InChI=1S/C34H31N3O3/c38-33(31-22-25-12-4-9-17-30(25)37(31)34(39)40-23-24-10-2-1-3-11-24)36-20-18-35(19-21-36)32-28-15-7-5-13-26(28)27-14-6-8-16-29(27)32/h1-17,31-32H,18-23H2. The first-order valence-corrected chi connectivity index (χ1v) is 14.0. The van der Waals surface area contributed by atoms with Crippen molar-refractivity contribution >= 4 is 17.7 Å². The third kappa shape index (κ3) is 4.25. The monoisotopic (exact) mass is 529 g/mol. The molecule has 1 fully saturated rings. The second-order valence-electron chi connectivity index (χ2n) is 10.7. The average molecular weight is 530 g/mol. The number of rotatable bonds is 4. The minimum absolute atomic E-state index is 0.0141. The van der Waals surface area contributed by atoms with E-state index in [9.17, 15) is 9.59 Å². The van der Waals surface area contributed by atoms with Crippen LogP contribution in [0.2, 0.25) is 0 Å². The molecular formula is C34H31N3O3. The number of hydrogen-bond donors (Lipinski definition) is 0. The molecule has 1 saturated heterocycles. The van der Waals surface area contributed by atoms with Crippen LogP contribution >= 0.6 is 0 Å². The van der Waals surface area contributed by atoms with Gasteiger partial charge in [-0.15, -0.1) is 0 Å². The molecule has 6 heteroatoms. The van der Waals surface area contributed by atoms with Crippen molar-refractivity contribution in [2.24, 2.45) is 0 Å². The summed E-state index contributed by atoms with van der Waals surface area (Å²) in [6.45, 7) is 2.97. The normalized spacial score (nSPS) is 18.2. The molecule has 6 nitrogen and oxygen atoms in total. The second kappa shape index (κ2) is 10.3. The fraction of sp³-hybridized carbons (Fsp3) is 0.235.